The number of amides is 1. The number of carbonyl (C=O) groups excluding carboxylic acids is 1. The molecular formula is C7H7INNaO2. The summed E-state index contributed by atoms with van der Waals surface area (Å²) in [5, 5.41) is 0. The molecule has 5 heteroatoms. The molecule has 0 radical (unpaired) electrons. The van der Waals surface area contributed by atoms with Gasteiger partial charge in [-0.05, 0) is 12.1 Å². The molecular weight excluding hydrogens is 280 g/mol. The average molecular weight is 287 g/mol. The average Bonchev–Trinajstić information content (AvgIpc) is 2.04. The van der Waals surface area contributed by atoms with Crippen LogP contribution in [0.25, 0.3) is 0 Å². The summed E-state index contributed by atoms with van der Waals surface area (Å²) in [5.41, 5.74) is 5.47. The van der Waals surface area contributed by atoms with E-state index in [-0.39, 0.29) is 31.0 Å². The van der Waals surface area contributed by atoms with Crippen LogP contribution >= 0.6 is 23.0 Å². The first-order valence-electron chi connectivity index (χ1n) is 2.93. The quantitative estimate of drug-likeness (QED) is 0.539. The van der Waals surface area contributed by atoms with Gasteiger partial charge in [-0.15, -0.1) is 0 Å². The van der Waals surface area contributed by atoms with Gasteiger partial charge in [0.05, 0.1) is 5.56 Å². The molecule has 0 saturated carbocycles. The molecule has 0 aliphatic heterocycles. The van der Waals surface area contributed by atoms with Crippen molar-refractivity contribution < 1.29 is 38.8 Å². The van der Waals surface area contributed by atoms with E-state index in [0.29, 0.717) is 11.3 Å². The number of para-hydroxylation sites is 1. The summed E-state index contributed by atoms with van der Waals surface area (Å²) in [5.74, 6) is 0.0258. The first kappa shape index (κ1) is 12.2. The number of carbonyl (C=O) groups is 1. The zero-order chi connectivity index (χ0) is 8.27. The van der Waals surface area contributed by atoms with E-state index in [2.05, 4.69) is 0 Å². The number of hydrogen-bond donors (Lipinski definition) is 1. The second-order valence-corrected chi connectivity index (χ2v) is 2.38. The van der Waals surface area contributed by atoms with Crippen LogP contribution in [-0.2, 0) is 0 Å². The van der Waals surface area contributed by atoms with Crippen LogP contribution < -0.4 is 38.4 Å². The van der Waals surface area contributed by atoms with Crippen molar-refractivity contribution in [3.8, 4) is 5.75 Å². The molecule has 0 unspecified atom stereocenters. The predicted octanol–water partition coefficient (Wildman–Crippen LogP) is -1.37. The van der Waals surface area contributed by atoms with Crippen molar-refractivity contribution >= 4 is 28.9 Å². The normalized spacial score (nSPS) is 8.42. The Hall–Kier alpha value is 0.220. The minimum atomic E-state index is -0.475. The van der Waals surface area contributed by atoms with E-state index >= 15 is 0 Å². The molecule has 0 aliphatic rings. The molecule has 1 amide bonds. The molecule has 0 bridgehead atoms. The Labute approximate surface area is 108 Å². The number of benzene rings is 1. The summed E-state index contributed by atoms with van der Waals surface area (Å²) >= 11 is 1.70. The molecule has 0 heterocycles. The fourth-order valence-corrected chi connectivity index (χ4v) is 1.12. The molecule has 0 saturated heterocycles. The smallest absolute Gasteiger partial charge is 1.00 e. The fourth-order valence-electron chi connectivity index (χ4n) is 0.737. The van der Waals surface area contributed by atoms with Gasteiger partial charge in [0.15, 0.2) is 23.0 Å². The van der Waals surface area contributed by atoms with Crippen molar-refractivity contribution in [1.29, 1.82) is 0 Å². The van der Waals surface area contributed by atoms with Gasteiger partial charge >= 0.3 is 29.6 Å². The molecule has 0 spiro atoms. The zero-order valence-electron chi connectivity index (χ0n) is 7.58. The minimum absolute atomic E-state index is 0. The van der Waals surface area contributed by atoms with Gasteiger partial charge in [0.1, 0.15) is 5.75 Å². The fraction of sp³-hybridized carbons (Fsp3) is 0. The maximum Gasteiger partial charge on any atom is 1.00 e. The SMILES string of the molecule is NC(=O)c1ccccc1OI.[H-].[Na+]. The van der Waals surface area contributed by atoms with Crippen molar-refractivity contribution in [3.05, 3.63) is 29.8 Å². The van der Waals surface area contributed by atoms with Gasteiger partial charge in [-0.1, -0.05) is 12.1 Å². The molecule has 12 heavy (non-hydrogen) atoms. The van der Waals surface area contributed by atoms with E-state index in [1.807, 2.05) is 0 Å². The Balaban J connectivity index is 0. The van der Waals surface area contributed by atoms with E-state index in [1.165, 1.54) is 0 Å². The Kier molecular flexibility index (Phi) is 5.90. The second kappa shape index (κ2) is 5.80. The molecule has 1 aromatic rings. The topological polar surface area (TPSA) is 52.3 Å². The third-order valence-electron chi connectivity index (χ3n) is 1.24. The molecule has 3 nitrogen and oxygen atoms in total. The van der Waals surface area contributed by atoms with E-state index in [4.69, 9.17) is 8.80 Å². The van der Waals surface area contributed by atoms with Crippen LogP contribution in [0, 0.1) is 0 Å². The maximum absolute atomic E-state index is 10.7. The Bertz CT molecular complexity index is 285. The summed E-state index contributed by atoms with van der Waals surface area (Å²) in [6.45, 7) is 0. The van der Waals surface area contributed by atoms with Crippen LogP contribution in [0.1, 0.15) is 11.8 Å². The van der Waals surface area contributed by atoms with Crippen LogP contribution in [-0.4, -0.2) is 5.91 Å². The van der Waals surface area contributed by atoms with Crippen molar-refractivity contribution in [2.45, 2.75) is 0 Å². The Morgan fingerprint density at radius 1 is 1.50 bits per heavy atom. The molecule has 1 rings (SSSR count). The minimum Gasteiger partial charge on any atom is -1.00 e. The van der Waals surface area contributed by atoms with E-state index in [0.717, 1.165) is 0 Å². The van der Waals surface area contributed by atoms with Crippen molar-refractivity contribution in [2.75, 3.05) is 0 Å². The number of rotatable bonds is 2. The standard InChI is InChI=1S/C7H6INO2.Na.H/c8-11-6-4-2-1-3-5(6)7(9)10;;/h1-4H,(H2,9,10);;/q;+1;-1. The zero-order valence-corrected chi connectivity index (χ0v) is 10.7. The third kappa shape index (κ3) is 2.93. The largest absolute Gasteiger partial charge is 1.00 e. The van der Waals surface area contributed by atoms with Crippen molar-refractivity contribution in [1.82, 2.24) is 0 Å². The van der Waals surface area contributed by atoms with Crippen LogP contribution in [0.2, 0.25) is 0 Å². The van der Waals surface area contributed by atoms with Gasteiger partial charge in [0.2, 0.25) is 0 Å². The van der Waals surface area contributed by atoms with Crippen molar-refractivity contribution in [3.63, 3.8) is 0 Å². The van der Waals surface area contributed by atoms with Gasteiger partial charge < -0.3 is 10.2 Å². The molecule has 0 aromatic heterocycles. The predicted molar refractivity (Wildman–Crippen MR) is 50.7 cm³/mol. The summed E-state index contributed by atoms with van der Waals surface area (Å²) in [6, 6.07) is 6.82. The molecule has 0 atom stereocenters. The molecule has 2 N–H and O–H groups in total. The second-order valence-electron chi connectivity index (χ2n) is 1.94. The van der Waals surface area contributed by atoms with E-state index in [9.17, 15) is 4.79 Å². The van der Waals surface area contributed by atoms with Crippen LogP contribution in [0.5, 0.6) is 5.75 Å². The van der Waals surface area contributed by atoms with E-state index in [1.54, 1.807) is 47.3 Å². The molecule has 0 aliphatic carbocycles. The summed E-state index contributed by atoms with van der Waals surface area (Å²) in [6.07, 6.45) is 0. The Morgan fingerprint density at radius 3 is 2.50 bits per heavy atom. The Morgan fingerprint density at radius 2 is 2.08 bits per heavy atom. The number of nitrogens with two attached hydrogens (primary N) is 1. The van der Waals surface area contributed by atoms with Crippen LogP contribution in [0.4, 0.5) is 0 Å². The third-order valence-corrected chi connectivity index (χ3v) is 1.71. The van der Waals surface area contributed by atoms with Gasteiger partial charge in [-0.3, -0.25) is 4.79 Å². The van der Waals surface area contributed by atoms with Gasteiger partial charge in [-0.25, -0.2) is 0 Å². The van der Waals surface area contributed by atoms with Crippen LogP contribution in [0.3, 0.4) is 0 Å². The molecule has 0 fully saturated rings. The van der Waals surface area contributed by atoms with Crippen molar-refractivity contribution in [2.24, 2.45) is 5.73 Å². The number of primary amides is 1. The van der Waals surface area contributed by atoms with E-state index < -0.39 is 5.91 Å². The maximum atomic E-state index is 10.7. The van der Waals surface area contributed by atoms with Crippen LogP contribution in [0.15, 0.2) is 24.3 Å². The summed E-state index contributed by atoms with van der Waals surface area (Å²) < 4.78 is 4.88. The molecule has 60 valence electrons. The molecule has 1 aromatic carbocycles. The first-order chi connectivity index (χ1) is 5.25. The summed E-state index contributed by atoms with van der Waals surface area (Å²) in [7, 11) is 0. The monoisotopic (exact) mass is 287 g/mol. The number of hydrogen-bond acceptors (Lipinski definition) is 2. The first-order valence-corrected chi connectivity index (χ1v) is 3.81. The van der Waals surface area contributed by atoms with Gasteiger partial charge in [0, 0.05) is 0 Å². The number of halogens is 1. The van der Waals surface area contributed by atoms with Gasteiger partial charge in [-0.2, -0.15) is 0 Å². The van der Waals surface area contributed by atoms with Gasteiger partial charge in [0.25, 0.3) is 5.91 Å². The summed E-state index contributed by atoms with van der Waals surface area (Å²) in [4.78, 5) is 10.7.